The predicted molar refractivity (Wildman–Crippen MR) is 89.8 cm³/mol. The van der Waals surface area contributed by atoms with Gasteiger partial charge < -0.3 is 19.7 Å². The van der Waals surface area contributed by atoms with Gasteiger partial charge in [0.05, 0.1) is 7.11 Å². The molecule has 0 unspecified atom stereocenters. The van der Waals surface area contributed by atoms with Gasteiger partial charge in [0.2, 0.25) is 0 Å². The van der Waals surface area contributed by atoms with E-state index < -0.39 is 18.2 Å². The number of alkyl halides is 3. The van der Waals surface area contributed by atoms with Crippen molar-refractivity contribution in [2.45, 2.75) is 19.5 Å². The molecule has 0 aliphatic rings. The summed E-state index contributed by atoms with van der Waals surface area (Å²) in [5.41, 5.74) is 0.707. The molecule has 2 aromatic rings. The van der Waals surface area contributed by atoms with Crippen LogP contribution in [0.4, 0.5) is 22.4 Å². The Morgan fingerprint density at radius 1 is 1.15 bits per heavy atom. The highest BCUT2D eigenvalue weighted by Crippen LogP contribution is 2.26. The number of amides is 2. The molecule has 0 aromatic heterocycles. The van der Waals surface area contributed by atoms with Crippen molar-refractivity contribution in [2.24, 2.45) is 0 Å². The van der Waals surface area contributed by atoms with Gasteiger partial charge in [0.15, 0.2) is 11.6 Å². The number of ether oxygens (including phenoxy) is 2. The molecule has 0 saturated heterocycles. The summed E-state index contributed by atoms with van der Waals surface area (Å²) in [5.74, 6) is -0.848. The van der Waals surface area contributed by atoms with Crippen molar-refractivity contribution in [1.29, 1.82) is 0 Å². The van der Waals surface area contributed by atoms with Crippen molar-refractivity contribution in [3.05, 3.63) is 59.4 Å². The molecule has 2 aromatic carbocycles. The zero-order chi connectivity index (χ0) is 20.0. The minimum Gasteiger partial charge on any atom is -0.494 e. The number of carbonyl (C=O) groups is 1. The molecule has 146 valence electrons. The number of halogens is 4. The first-order chi connectivity index (χ1) is 12.7. The molecule has 0 radical (unpaired) electrons. The Hall–Kier alpha value is -2.97. The second kappa shape index (κ2) is 8.61. The summed E-state index contributed by atoms with van der Waals surface area (Å²) in [5, 5.41) is 2.50. The molecule has 0 bridgehead atoms. The third kappa shape index (κ3) is 6.05. The first-order valence-corrected chi connectivity index (χ1v) is 7.84. The van der Waals surface area contributed by atoms with Crippen molar-refractivity contribution in [3.63, 3.8) is 0 Å². The van der Waals surface area contributed by atoms with Crippen molar-refractivity contribution >= 4 is 6.03 Å². The zero-order valence-electron chi connectivity index (χ0n) is 14.6. The van der Waals surface area contributed by atoms with Gasteiger partial charge in [0, 0.05) is 25.7 Å². The lowest BCUT2D eigenvalue weighted by Crippen LogP contribution is -2.36. The number of benzene rings is 2. The van der Waals surface area contributed by atoms with E-state index in [1.54, 1.807) is 6.07 Å². The van der Waals surface area contributed by atoms with Gasteiger partial charge in [-0.25, -0.2) is 9.18 Å². The molecular weight excluding hydrogens is 368 g/mol. The topological polar surface area (TPSA) is 50.8 Å². The fourth-order valence-electron chi connectivity index (χ4n) is 2.33. The number of para-hydroxylation sites is 1. The lowest BCUT2D eigenvalue weighted by Gasteiger charge is -2.19. The van der Waals surface area contributed by atoms with Crippen LogP contribution in [0, 0.1) is 5.82 Å². The quantitative estimate of drug-likeness (QED) is 0.762. The normalized spacial score (nSPS) is 11.0. The summed E-state index contributed by atoms with van der Waals surface area (Å²) in [6, 6.07) is 9.28. The van der Waals surface area contributed by atoms with Crippen LogP contribution in [0.15, 0.2) is 42.5 Å². The minimum absolute atomic E-state index is 0.0899. The van der Waals surface area contributed by atoms with Gasteiger partial charge in [-0.2, -0.15) is 0 Å². The number of nitrogens with one attached hydrogen (secondary N) is 1. The van der Waals surface area contributed by atoms with E-state index in [0.29, 0.717) is 5.56 Å². The van der Waals surface area contributed by atoms with Crippen LogP contribution < -0.4 is 14.8 Å². The molecule has 2 amide bonds. The van der Waals surface area contributed by atoms with Crippen LogP contribution in [0.5, 0.6) is 11.5 Å². The molecule has 27 heavy (non-hydrogen) atoms. The highest BCUT2D eigenvalue weighted by atomic mass is 19.4. The first kappa shape index (κ1) is 20.3. The number of rotatable bonds is 6. The van der Waals surface area contributed by atoms with Crippen LogP contribution in [0.3, 0.4) is 0 Å². The molecule has 0 heterocycles. The molecule has 0 aliphatic heterocycles. The van der Waals surface area contributed by atoms with E-state index in [0.717, 1.165) is 0 Å². The maximum Gasteiger partial charge on any atom is 0.573 e. The lowest BCUT2D eigenvalue weighted by atomic mass is 10.2. The maximum atomic E-state index is 13.7. The van der Waals surface area contributed by atoms with Crippen molar-refractivity contribution in [3.8, 4) is 11.5 Å². The van der Waals surface area contributed by atoms with Crippen molar-refractivity contribution in [1.82, 2.24) is 10.2 Å². The Kier molecular flexibility index (Phi) is 6.49. The number of hydrogen-bond donors (Lipinski definition) is 1. The Bertz CT molecular complexity index is 796. The summed E-state index contributed by atoms with van der Waals surface area (Å²) < 4.78 is 59.7. The van der Waals surface area contributed by atoms with Crippen LogP contribution in [0.1, 0.15) is 11.1 Å². The van der Waals surface area contributed by atoms with Crippen LogP contribution >= 0.6 is 0 Å². The molecule has 2 rings (SSSR count). The maximum absolute atomic E-state index is 13.7. The van der Waals surface area contributed by atoms with Gasteiger partial charge in [0.25, 0.3) is 0 Å². The summed E-state index contributed by atoms with van der Waals surface area (Å²) in [4.78, 5) is 13.4. The van der Waals surface area contributed by atoms with Crippen molar-refractivity contribution in [2.75, 3.05) is 14.2 Å². The van der Waals surface area contributed by atoms with E-state index in [-0.39, 0.29) is 30.2 Å². The molecule has 0 atom stereocenters. The molecular formula is C18H18F4N2O3. The average Bonchev–Trinajstić information content (AvgIpc) is 2.59. The minimum atomic E-state index is -4.82. The Balaban J connectivity index is 1.96. The van der Waals surface area contributed by atoms with E-state index in [1.165, 1.54) is 55.5 Å². The Labute approximate surface area is 153 Å². The standard InChI is InChI=1S/C18H18F4N2O3/c1-24(11-12-7-8-16(26-2)14(19)9-12)17(25)23-10-13-5-3-4-6-15(13)27-18(20,21)22/h3-9H,10-11H2,1-2H3,(H,23,25). The van der Waals surface area contributed by atoms with Gasteiger partial charge in [-0.1, -0.05) is 24.3 Å². The monoisotopic (exact) mass is 386 g/mol. The van der Waals surface area contributed by atoms with Crippen LogP contribution in [-0.4, -0.2) is 31.5 Å². The molecule has 5 nitrogen and oxygen atoms in total. The molecule has 9 heteroatoms. The predicted octanol–water partition coefficient (Wildman–Crippen LogP) is 4.07. The number of urea groups is 1. The average molecular weight is 386 g/mol. The van der Waals surface area contributed by atoms with Crippen LogP contribution in [-0.2, 0) is 13.1 Å². The number of carbonyl (C=O) groups excluding carboxylic acids is 1. The fourth-order valence-corrected chi connectivity index (χ4v) is 2.33. The third-order valence-electron chi connectivity index (χ3n) is 3.61. The first-order valence-electron chi connectivity index (χ1n) is 7.84. The van der Waals surface area contributed by atoms with E-state index in [1.807, 2.05) is 0 Å². The zero-order valence-corrected chi connectivity index (χ0v) is 14.6. The van der Waals surface area contributed by atoms with Gasteiger partial charge in [-0.15, -0.1) is 13.2 Å². The second-order valence-electron chi connectivity index (χ2n) is 5.64. The molecule has 1 N–H and O–H groups in total. The van der Waals surface area contributed by atoms with Crippen LogP contribution in [0.25, 0.3) is 0 Å². The van der Waals surface area contributed by atoms with Gasteiger partial charge in [0.1, 0.15) is 5.75 Å². The second-order valence-corrected chi connectivity index (χ2v) is 5.64. The molecule has 0 spiro atoms. The largest absolute Gasteiger partial charge is 0.573 e. The van der Waals surface area contributed by atoms with Gasteiger partial charge >= 0.3 is 12.4 Å². The molecule has 0 aliphatic carbocycles. The molecule has 0 fully saturated rings. The van der Waals surface area contributed by atoms with E-state index in [4.69, 9.17) is 4.74 Å². The summed E-state index contributed by atoms with van der Waals surface area (Å²) in [6.45, 7) is -0.0557. The van der Waals surface area contributed by atoms with E-state index >= 15 is 0 Å². The fraction of sp³-hybridized carbons (Fsp3) is 0.278. The summed E-state index contributed by atoms with van der Waals surface area (Å²) in [7, 11) is 2.83. The highest BCUT2D eigenvalue weighted by molar-refractivity contribution is 5.74. The summed E-state index contributed by atoms with van der Waals surface area (Å²) in [6.07, 6.45) is -4.82. The van der Waals surface area contributed by atoms with Gasteiger partial charge in [-0.05, 0) is 23.8 Å². The number of nitrogens with zero attached hydrogens (tertiary/aromatic N) is 1. The lowest BCUT2D eigenvalue weighted by molar-refractivity contribution is -0.274. The smallest absolute Gasteiger partial charge is 0.494 e. The van der Waals surface area contributed by atoms with Crippen LogP contribution in [0.2, 0.25) is 0 Å². The third-order valence-corrected chi connectivity index (χ3v) is 3.61. The highest BCUT2D eigenvalue weighted by Gasteiger charge is 2.32. The van der Waals surface area contributed by atoms with Crippen molar-refractivity contribution < 1.29 is 31.8 Å². The molecule has 0 saturated carbocycles. The SMILES string of the molecule is COc1ccc(CN(C)C(=O)NCc2ccccc2OC(F)(F)F)cc1F. The van der Waals surface area contributed by atoms with E-state index in [2.05, 4.69) is 10.1 Å². The van der Waals surface area contributed by atoms with E-state index in [9.17, 15) is 22.4 Å². The summed E-state index contributed by atoms with van der Waals surface area (Å²) >= 11 is 0. The van der Waals surface area contributed by atoms with Gasteiger partial charge in [-0.3, -0.25) is 0 Å². The number of hydrogen-bond acceptors (Lipinski definition) is 3. The Morgan fingerprint density at radius 2 is 1.85 bits per heavy atom. The Morgan fingerprint density at radius 3 is 2.48 bits per heavy atom. The number of methoxy groups -OCH3 is 1.